The number of amides is 1. The topological polar surface area (TPSA) is 70.7 Å². The minimum Gasteiger partial charge on any atom is -0.321 e. The maximum absolute atomic E-state index is 12.9. The Bertz CT molecular complexity index is 1160. The third kappa shape index (κ3) is 4.41. The Labute approximate surface area is 171 Å². The lowest BCUT2D eigenvalue weighted by Gasteiger charge is -2.10. The zero-order valence-electron chi connectivity index (χ0n) is 16.2. The molecule has 0 fully saturated rings. The molecule has 0 spiro atoms. The first-order valence-corrected chi connectivity index (χ1v) is 8.90. The minimum atomic E-state index is -4.53. The van der Waals surface area contributed by atoms with E-state index < -0.39 is 17.6 Å². The molecule has 0 atom stereocenters. The zero-order valence-corrected chi connectivity index (χ0v) is 16.2. The first-order valence-electron chi connectivity index (χ1n) is 8.90. The summed E-state index contributed by atoms with van der Waals surface area (Å²) < 4.78 is 40.5. The molecule has 30 heavy (non-hydrogen) atoms. The van der Waals surface area contributed by atoms with E-state index in [0.717, 1.165) is 29.2 Å². The van der Waals surface area contributed by atoms with Crippen LogP contribution in [0.25, 0.3) is 11.8 Å². The van der Waals surface area contributed by atoms with Gasteiger partial charge in [0, 0.05) is 35.2 Å². The van der Waals surface area contributed by atoms with Crippen molar-refractivity contribution in [3.8, 4) is 11.8 Å². The molecule has 3 rings (SSSR count). The quantitative estimate of drug-likeness (QED) is 0.483. The molecule has 0 aliphatic carbocycles. The minimum absolute atomic E-state index is 0.0433. The van der Waals surface area contributed by atoms with Crippen molar-refractivity contribution in [1.29, 1.82) is 5.26 Å². The monoisotopic (exact) mass is 410 g/mol. The number of alkyl halides is 3. The van der Waals surface area contributed by atoms with Gasteiger partial charge in [0.1, 0.15) is 11.6 Å². The number of anilines is 1. The van der Waals surface area contributed by atoms with E-state index in [0.29, 0.717) is 5.56 Å². The summed E-state index contributed by atoms with van der Waals surface area (Å²) in [7, 11) is 0. The molecule has 2 aromatic heterocycles. The number of aromatic nitrogens is 2. The SMILES string of the molecule is Cc1cc(/C=C(/C#N)C(=O)Nc2cccc(C(F)(F)F)c2)c(C)n1-c1ccncc1. The van der Waals surface area contributed by atoms with E-state index in [4.69, 9.17) is 0 Å². The zero-order chi connectivity index (χ0) is 21.9. The summed E-state index contributed by atoms with van der Waals surface area (Å²) in [6.07, 6.45) is 0.210. The first-order chi connectivity index (χ1) is 14.2. The molecule has 0 bridgehead atoms. The van der Waals surface area contributed by atoms with Crippen molar-refractivity contribution in [3.05, 3.63) is 82.9 Å². The molecular weight excluding hydrogens is 393 g/mol. The average molecular weight is 410 g/mol. The molecule has 0 aliphatic rings. The lowest BCUT2D eigenvalue weighted by atomic mass is 10.1. The number of hydrogen-bond acceptors (Lipinski definition) is 3. The first kappa shape index (κ1) is 20.9. The van der Waals surface area contributed by atoms with Crippen LogP contribution in [0.15, 0.2) is 60.4 Å². The molecule has 1 N–H and O–H groups in total. The fourth-order valence-electron chi connectivity index (χ4n) is 3.10. The van der Waals surface area contributed by atoms with Gasteiger partial charge in [-0.05, 0) is 61.9 Å². The van der Waals surface area contributed by atoms with E-state index in [2.05, 4.69) is 10.3 Å². The molecule has 3 aromatic rings. The van der Waals surface area contributed by atoms with E-state index in [1.165, 1.54) is 18.2 Å². The van der Waals surface area contributed by atoms with Crippen LogP contribution >= 0.6 is 0 Å². The summed E-state index contributed by atoms with van der Waals surface area (Å²) in [5, 5.41) is 11.8. The summed E-state index contributed by atoms with van der Waals surface area (Å²) in [4.78, 5) is 16.5. The number of carbonyl (C=O) groups excluding carboxylic acids is 1. The molecule has 0 radical (unpaired) electrons. The Hall–Kier alpha value is -3.86. The number of rotatable bonds is 4. The summed E-state index contributed by atoms with van der Waals surface area (Å²) >= 11 is 0. The van der Waals surface area contributed by atoms with Crippen LogP contribution in [0.2, 0.25) is 0 Å². The van der Waals surface area contributed by atoms with Crippen molar-refractivity contribution in [3.63, 3.8) is 0 Å². The summed E-state index contributed by atoms with van der Waals surface area (Å²) in [6.45, 7) is 3.73. The molecule has 5 nitrogen and oxygen atoms in total. The van der Waals surface area contributed by atoms with Crippen LogP contribution in [0.3, 0.4) is 0 Å². The number of nitrogens with zero attached hydrogens (tertiary/aromatic N) is 3. The molecule has 0 saturated heterocycles. The van der Waals surface area contributed by atoms with Gasteiger partial charge in [-0.15, -0.1) is 0 Å². The maximum Gasteiger partial charge on any atom is 0.416 e. The van der Waals surface area contributed by atoms with Crippen molar-refractivity contribution in [2.45, 2.75) is 20.0 Å². The predicted molar refractivity (Wildman–Crippen MR) is 107 cm³/mol. The van der Waals surface area contributed by atoms with Crippen LogP contribution in [0.4, 0.5) is 18.9 Å². The molecule has 0 unspecified atom stereocenters. The molecule has 1 aromatic carbocycles. The molecule has 2 heterocycles. The van der Waals surface area contributed by atoms with Crippen LogP contribution in [0, 0.1) is 25.2 Å². The van der Waals surface area contributed by atoms with Gasteiger partial charge in [-0.3, -0.25) is 9.78 Å². The number of halogens is 3. The summed E-state index contributed by atoms with van der Waals surface area (Å²) in [5.74, 6) is -0.787. The molecule has 0 saturated carbocycles. The smallest absolute Gasteiger partial charge is 0.321 e. The number of hydrogen-bond donors (Lipinski definition) is 1. The van der Waals surface area contributed by atoms with Crippen LogP contribution in [0.5, 0.6) is 0 Å². The van der Waals surface area contributed by atoms with E-state index in [1.807, 2.05) is 42.7 Å². The molecular formula is C22H17F3N4O. The van der Waals surface area contributed by atoms with Gasteiger partial charge in [0.05, 0.1) is 5.56 Å². The van der Waals surface area contributed by atoms with Crippen LogP contribution < -0.4 is 5.32 Å². The highest BCUT2D eigenvalue weighted by Gasteiger charge is 2.30. The largest absolute Gasteiger partial charge is 0.416 e. The highest BCUT2D eigenvalue weighted by molar-refractivity contribution is 6.09. The van der Waals surface area contributed by atoms with E-state index in [9.17, 15) is 23.2 Å². The van der Waals surface area contributed by atoms with Gasteiger partial charge in [0.2, 0.25) is 0 Å². The molecule has 152 valence electrons. The van der Waals surface area contributed by atoms with Crippen LogP contribution in [-0.4, -0.2) is 15.5 Å². The van der Waals surface area contributed by atoms with Gasteiger partial charge < -0.3 is 9.88 Å². The number of nitrogens with one attached hydrogen (secondary N) is 1. The third-order valence-corrected chi connectivity index (χ3v) is 4.50. The van der Waals surface area contributed by atoms with Crippen LogP contribution in [0.1, 0.15) is 22.5 Å². The highest BCUT2D eigenvalue weighted by Crippen LogP contribution is 2.31. The van der Waals surface area contributed by atoms with Gasteiger partial charge in [-0.1, -0.05) is 6.07 Å². The lowest BCUT2D eigenvalue weighted by Crippen LogP contribution is -2.14. The van der Waals surface area contributed by atoms with E-state index >= 15 is 0 Å². The van der Waals surface area contributed by atoms with Crippen molar-refractivity contribution in [2.75, 3.05) is 5.32 Å². The third-order valence-electron chi connectivity index (χ3n) is 4.50. The highest BCUT2D eigenvalue weighted by atomic mass is 19.4. The lowest BCUT2D eigenvalue weighted by molar-refractivity contribution is -0.137. The Balaban J connectivity index is 1.90. The van der Waals surface area contributed by atoms with Gasteiger partial charge in [0.15, 0.2) is 0 Å². The molecule has 1 amide bonds. The number of nitriles is 1. The second-order valence-corrected chi connectivity index (χ2v) is 6.57. The Morgan fingerprint density at radius 3 is 2.50 bits per heavy atom. The van der Waals surface area contributed by atoms with Crippen molar-refractivity contribution in [1.82, 2.24) is 9.55 Å². The van der Waals surface area contributed by atoms with Crippen molar-refractivity contribution in [2.24, 2.45) is 0 Å². The Kier molecular flexibility index (Phi) is 5.74. The van der Waals surface area contributed by atoms with Gasteiger partial charge in [0.25, 0.3) is 5.91 Å². The number of pyridine rings is 1. The Morgan fingerprint density at radius 1 is 1.17 bits per heavy atom. The predicted octanol–water partition coefficient (Wildman–Crippen LogP) is 5.05. The number of carbonyl (C=O) groups is 1. The van der Waals surface area contributed by atoms with E-state index in [1.54, 1.807) is 12.4 Å². The van der Waals surface area contributed by atoms with Crippen molar-refractivity contribution < 1.29 is 18.0 Å². The fourth-order valence-corrected chi connectivity index (χ4v) is 3.10. The second kappa shape index (κ2) is 8.25. The second-order valence-electron chi connectivity index (χ2n) is 6.57. The summed E-state index contributed by atoms with van der Waals surface area (Å²) in [5.41, 5.74) is 2.08. The van der Waals surface area contributed by atoms with Crippen molar-refractivity contribution >= 4 is 17.7 Å². The average Bonchev–Trinajstić information content (AvgIpc) is 2.99. The van der Waals surface area contributed by atoms with Gasteiger partial charge in [-0.2, -0.15) is 18.4 Å². The normalized spacial score (nSPS) is 11.8. The number of aryl methyl sites for hydroxylation is 1. The van der Waals surface area contributed by atoms with E-state index in [-0.39, 0.29) is 11.3 Å². The fraction of sp³-hybridized carbons (Fsp3) is 0.136. The molecule has 8 heteroatoms. The van der Waals surface area contributed by atoms with Gasteiger partial charge in [-0.25, -0.2) is 0 Å². The maximum atomic E-state index is 12.9. The number of benzene rings is 1. The van der Waals surface area contributed by atoms with Gasteiger partial charge >= 0.3 is 6.18 Å². The summed E-state index contributed by atoms with van der Waals surface area (Å²) in [6, 6.07) is 11.6. The Morgan fingerprint density at radius 2 is 1.87 bits per heavy atom. The standard InChI is InChI=1S/C22H17F3N4O/c1-14-10-16(15(2)29(14)20-6-8-27-9-7-20)11-17(13-26)21(30)28-19-5-3-4-18(12-19)22(23,24)25/h3-12H,1-2H3,(H,28,30)/b17-11-. The molecule has 0 aliphatic heterocycles. The van der Waals surface area contributed by atoms with Crippen LogP contribution in [-0.2, 0) is 11.0 Å².